The van der Waals surface area contributed by atoms with Gasteiger partial charge >= 0.3 is 0 Å². The highest BCUT2D eigenvalue weighted by Crippen LogP contribution is 2.31. The Morgan fingerprint density at radius 3 is 2.18 bits per heavy atom. The van der Waals surface area contributed by atoms with Crippen molar-refractivity contribution in [3.05, 3.63) is 82.9 Å². The SMILES string of the molecule is Cc1cccc(C)c1NS(=O)(=O)c1ccc(NC(=O)c2ccc3c(c2)CCN3S(C)(=O)=O)cc1. The Kier molecular flexibility index (Phi) is 6.13. The van der Waals surface area contributed by atoms with Crippen LogP contribution in [0.2, 0.25) is 0 Å². The second-order valence-electron chi connectivity index (χ2n) is 8.28. The van der Waals surface area contributed by atoms with E-state index in [-0.39, 0.29) is 10.8 Å². The van der Waals surface area contributed by atoms with Crippen LogP contribution in [0.4, 0.5) is 17.1 Å². The Balaban J connectivity index is 1.48. The van der Waals surface area contributed by atoms with Gasteiger partial charge in [-0.25, -0.2) is 16.8 Å². The number of benzene rings is 3. The molecule has 3 aromatic rings. The first kappa shape index (κ1) is 23.8. The van der Waals surface area contributed by atoms with Crippen LogP contribution in [-0.4, -0.2) is 35.5 Å². The number of fused-ring (bicyclic) bond motifs is 1. The minimum atomic E-state index is -3.80. The number of nitrogens with zero attached hydrogens (tertiary/aromatic N) is 1. The van der Waals surface area contributed by atoms with Crippen LogP contribution >= 0.6 is 0 Å². The monoisotopic (exact) mass is 499 g/mol. The minimum absolute atomic E-state index is 0.0755. The van der Waals surface area contributed by atoms with Crippen molar-refractivity contribution in [1.82, 2.24) is 0 Å². The van der Waals surface area contributed by atoms with Crippen molar-refractivity contribution in [2.75, 3.05) is 27.1 Å². The highest BCUT2D eigenvalue weighted by atomic mass is 32.2. The fourth-order valence-electron chi connectivity index (χ4n) is 3.95. The van der Waals surface area contributed by atoms with Gasteiger partial charge in [0, 0.05) is 17.8 Å². The molecule has 0 saturated carbocycles. The molecule has 2 N–H and O–H groups in total. The van der Waals surface area contributed by atoms with E-state index in [1.807, 2.05) is 32.0 Å². The van der Waals surface area contributed by atoms with Crippen molar-refractivity contribution in [2.45, 2.75) is 25.2 Å². The summed E-state index contributed by atoms with van der Waals surface area (Å²) >= 11 is 0. The topological polar surface area (TPSA) is 113 Å². The number of para-hydroxylation sites is 1. The molecule has 0 unspecified atom stereocenters. The Labute approximate surface area is 199 Å². The second-order valence-corrected chi connectivity index (χ2v) is 11.9. The number of hydrogen-bond donors (Lipinski definition) is 2. The first-order valence-electron chi connectivity index (χ1n) is 10.6. The number of amides is 1. The maximum Gasteiger partial charge on any atom is 0.261 e. The van der Waals surface area contributed by atoms with Gasteiger partial charge in [-0.1, -0.05) is 18.2 Å². The number of carbonyl (C=O) groups excluding carboxylic acids is 1. The highest BCUT2D eigenvalue weighted by Gasteiger charge is 2.26. The molecule has 0 aromatic heterocycles. The molecule has 0 saturated heterocycles. The van der Waals surface area contributed by atoms with Crippen molar-refractivity contribution in [3.63, 3.8) is 0 Å². The molecule has 1 aliphatic heterocycles. The quantitative estimate of drug-likeness (QED) is 0.537. The molecule has 0 spiro atoms. The van der Waals surface area contributed by atoms with Gasteiger partial charge in [-0.05, 0) is 79.4 Å². The van der Waals surface area contributed by atoms with Gasteiger partial charge < -0.3 is 5.32 Å². The molecule has 10 heteroatoms. The molecule has 1 amide bonds. The van der Waals surface area contributed by atoms with Crippen LogP contribution in [0.5, 0.6) is 0 Å². The van der Waals surface area contributed by atoms with Gasteiger partial charge in [-0.3, -0.25) is 13.8 Å². The molecule has 0 atom stereocenters. The number of rotatable bonds is 6. The Bertz CT molecular complexity index is 1460. The first-order chi connectivity index (χ1) is 16.0. The molecular formula is C24H25N3O5S2. The van der Waals surface area contributed by atoms with Crippen molar-refractivity contribution in [1.29, 1.82) is 0 Å². The molecule has 0 fully saturated rings. The molecule has 0 aliphatic carbocycles. The lowest BCUT2D eigenvalue weighted by atomic mass is 10.1. The van der Waals surface area contributed by atoms with Crippen LogP contribution in [0.25, 0.3) is 0 Å². The number of sulfonamides is 2. The number of hydrogen-bond acceptors (Lipinski definition) is 5. The zero-order chi connectivity index (χ0) is 24.7. The lowest BCUT2D eigenvalue weighted by molar-refractivity contribution is 0.102. The molecule has 4 rings (SSSR count). The highest BCUT2D eigenvalue weighted by molar-refractivity contribution is 7.92. The number of aryl methyl sites for hydroxylation is 2. The van der Waals surface area contributed by atoms with E-state index in [0.29, 0.717) is 35.6 Å². The van der Waals surface area contributed by atoms with Crippen LogP contribution in [-0.2, 0) is 26.5 Å². The fraction of sp³-hybridized carbons (Fsp3) is 0.208. The molecule has 1 aliphatic rings. The smallest absolute Gasteiger partial charge is 0.261 e. The predicted molar refractivity (Wildman–Crippen MR) is 133 cm³/mol. The van der Waals surface area contributed by atoms with E-state index in [0.717, 1.165) is 22.9 Å². The summed E-state index contributed by atoms with van der Waals surface area (Å²) in [5, 5.41) is 2.75. The molecule has 1 heterocycles. The zero-order valence-corrected chi connectivity index (χ0v) is 20.6. The van der Waals surface area contributed by atoms with E-state index in [1.54, 1.807) is 18.2 Å². The molecule has 0 radical (unpaired) electrons. The molecule has 8 nitrogen and oxygen atoms in total. The van der Waals surface area contributed by atoms with Gasteiger partial charge in [0.2, 0.25) is 10.0 Å². The van der Waals surface area contributed by atoms with Gasteiger partial charge in [0.15, 0.2) is 0 Å². The Hall–Kier alpha value is -3.37. The summed E-state index contributed by atoms with van der Waals surface area (Å²) in [6.07, 6.45) is 1.69. The van der Waals surface area contributed by atoms with E-state index in [9.17, 15) is 21.6 Å². The average molecular weight is 500 g/mol. The van der Waals surface area contributed by atoms with Crippen molar-refractivity contribution in [3.8, 4) is 0 Å². The van der Waals surface area contributed by atoms with Crippen LogP contribution < -0.4 is 14.3 Å². The van der Waals surface area contributed by atoms with Gasteiger partial charge in [0.25, 0.3) is 15.9 Å². The number of nitrogens with one attached hydrogen (secondary N) is 2. The van der Waals surface area contributed by atoms with Crippen LogP contribution in [0.1, 0.15) is 27.0 Å². The summed E-state index contributed by atoms with van der Waals surface area (Å²) in [6.45, 7) is 4.02. The summed E-state index contributed by atoms with van der Waals surface area (Å²) in [5.41, 5.74) is 4.40. The Morgan fingerprint density at radius 2 is 1.56 bits per heavy atom. The average Bonchev–Trinajstić information content (AvgIpc) is 3.21. The van der Waals surface area contributed by atoms with Gasteiger partial charge in [-0.2, -0.15) is 0 Å². The normalized spacial score (nSPS) is 13.4. The van der Waals surface area contributed by atoms with E-state index in [1.165, 1.54) is 28.6 Å². The van der Waals surface area contributed by atoms with E-state index in [2.05, 4.69) is 10.0 Å². The molecule has 3 aromatic carbocycles. The second kappa shape index (κ2) is 8.77. The lowest BCUT2D eigenvalue weighted by Crippen LogP contribution is -2.27. The Morgan fingerprint density at radius 1 is 0.912 bits per heavy atom. The van der Waals surface area contributed by atoms with Crippen LogP contribution in [0.15, 0.2) is 65.6 Å². The van der Waals surface area contributed by atoms with E-state index in [4.69, 9.17) is 0 Å². The summed E-state index contributed by atoms with van der Waals surface area (Å²) < 4.78 is 53.4. The molecule has 178 valence electrons. The van der Waals surface area contributed by atoms with Crippen molar-refractivity contribution < 1.29 is 21.6 Å². The zero-order valence-electron chi connectivity index (χ0n) is 19.0. The molecule has 34 heavy (non-hydrogen) atoms. The molecule has 0 bridgehead atoms. The van der Waals surface area contributed by atoms with E-state index < -0.39 is 20.0 Å². The third kappa shape index (κ3) is 4.78. The third-order valence-corrected chi connectivity index (χ3v) is 8.28. The van der Waals surface area contributed by atoms with Crippen molar-refractivity contribution >= 4 is 43.0 Å². The third-order valence-electron chi connectivity index (χ3n) is 5.73. The standard InChI is InChI=1S/C24H25N3O5S2/c1-16-5-4-6-17(2)23(16)26-34(31,32)21-10-8-20(9-11-21)25-24(28)19-7-12-22-18(15-19)13-14-27(22)33(3,29)30/h4-12,15,26H,13-14H2,1-3H3,(H,25,28). The van der Waals surface area contributed by atoms with Crippen molar-refractivity contribution in [2.24, 2.45) is 0 Å². The summed E-state index contributed by atoms with van der Waals surface area (Å²) in [7, 11) is -7.16. The number of carbonyl (C=O) groups is 1. The van der Waals surface area contributed by atoms with Gasteiger partial charge in [-0.15, -0.1) is 0 Å². The predicted octanol–water partition coefficient (Wildman–Crippen LogP) is 3.68. The lowest BCUT2D eigenvalue weighted by Gasteiger charge is -2.16. The summed E-state index contributed by atoms with van der Waals surface area (Å²) in [6, 6.07) is 16.3. The van der Waals surface area contributed by atoms with E-state index >= 15 is 0 Å². The fourth-order valence-corrected chi connectivity index (χ4v) is 6.11. The van der Waals surface area contributed by atoms with Gasteiger partial charge in [0.1, 0.15) is 0 Å². The summed E-state index contributed by atoms with van der Waals surface area (Å²) in [5.74, 6) is -0.370. The maximum absolute atomic E-state index is 12.8. The van der Waals surface area contributed by atoms with Gasteiger partial charge in [0.05, 0.1) is 22.5 Å². The first-order valence-corrected chi connectivity index (χ1v) is 13.9. The largest absolute Gasteiger partial charge is 0.322 e. The molecular weight excluding hydrogens is 474 g/mol. The van der Waals surface area contributed by atoms with Crippen LogP contribution in [0, 0.1) is 13.8 Å². The maximum atomic E-state index is 12.8. The number of anilines is 3. The van der Waals surface area contributed by atoms with Crippen LogP contribution in [0.3, 0.4) is 0 Å². The minimum Gasteiger partial charge on any atom is -0.322 e. The summed E-state index contributed by atoms with van der Waals surface area (Å²) in [4.78, 5) is 12.8.